The first-order valence-corrected chi connectivity index (χ1v) is 3.87. The molecule has 1 fully saturated rings. The Morgan fingerprint density at radius 3 is 3.18 bits per heavy atom. The maximum Gasteiger partial charge on any atom is 0.145 e. The van der Waals surface area contributed by atoms with E-state index in [0.29, 0.717) is 0 Å². The fourth-order valence-corrected chi connectivity index (χ4v) is 1.91. The number of fused-ring (bicyclic) bond motifs is 5. The fraction of sp³-hybridized carbons (Fsp3) is 0.200. The van der Waals surface area contributed by atoms with Crippen molar-refractivity contribution in [3.8, 4) is 0 Å². The van der Waals surface area contributed by atoms with Crippen LogP contribution >= 0.6 is 0 Å². The standard InChI is InChI=1S/C10H8O/c1-2-9-7-3-4-8(6-7)10(9)11-5-1/h1-5,10H,6H2. The Balaban J connectivity index is 2.17. The molecule has 54 valence electrons. The predicted octanol–water partition coefficient (Wildman–Crippen LogP) is 2.10. The van der Waals surface area contributed by atoms with Crippen molar-refractivity contribution in [1.82, 2.24) is 0 Å². The molecule has 0 aromatic carbocycles. The largest absolute Gasteiger partial charge is 0.489 e. The van der Waals surface area contributed by atoms with Crippen LogP contribution in [0.5, 0.6) is 0 Å². The van der Waals surface area contributed by atoms with Crippen molar-refractivity contribution in [3.63, 3.8) is 0 Å². The lowest BCUT2D eigenvalue weighted by Gasteiger charge is -2.18. The van der Waals surface area contributed by atoms with E-state index in [-0.39, 0.29) is 6.10 Å². The Hall–Kier alpha value is -1.24. The monoisotopic (exact) mass is 144 g/mol. The number of ether oxygens (including phenoxy) is 1. The van der Waals surface area contributed by atoms with Crippen molar-refractivity contribution in [2.75, 3.05) is 0 Å². The molecule has 3 aliphatic rings. The van der Waals surface area contributed by atoms with Crippen LogP contribution in [0.3, 0.4) is 0 Å². The van der Waals surface area contributed by atoms with Gasteiger partial charge in [-0.15, -0.1) is 0 Å². The Morgan fingerprint density at radius 1 is 1.27 bits per heavy atom. The van der Waals surface area contributed by atoms with E-state index in [1.165, 1.54) is 16.7 Å². The van der Waals surface area contributed by atoms with Gasteiger partial charge in [-0.3, -0.25) is 0 Å². The highest BCUT2D eigenvalue weighted by molar-refractivity contribution is 5.58. The fourth-order valence-electron chi connectivity index (χ4n) is 1.91. The molecule has 0 aromatic heterocycles. The van der Waals surface area contributed by atoms with E-state index in [9.17, 15) is 0 Å². The van der Waals surface area contributed by atoms with Crippen molar-refractivity contribution in [2.45, 2.75) is 12.5 Å². The van der Waals surface area contributed by atoms with E-state index >= 15 is 0 Å². The van der Waals surface area contributed by atoms with Gasteiger partial charge >= 0.3 is 0 Å². The Kier molecular flexibility index (Phi) is 0.823. The maximum absolute atomic E-state index is 5.48. The molecule has 1 heteroatoms. The molecular formula is C10H8O. The molecule has 2 bridgehead atoms. The summed E-state index contributed by atoms with van der Waals surface area (Å²) in [6, 6.07) is 0. The average molecular weight is 144 g/mol. The molecule has 2 aliphatic carbocycles. The van der Waals surface area contributed by atoms with E-state index in [4.69, 9.17) is 4.74 Å². The van der Waals surface area contributed by atoms with Crippen molar-refractivity contribution < 1.29 is 4.74 Å². The van der Waals surface area contributed by atoms with Gasteiger partial charge in [0.15, 0.2) is 0 Å². The van der Waals surface area contributed by atoms with Gasteiger partial charge in [0.2, 0.25) is 0 Å². The lowest BCUT2D eigenvalue weighted by atomic mass is 10.0. The van der Waals surface area contributed by atoms with E-state index in [2.05, 4.69) is 18.2 Å². The van der Waals surface area contributed by atoms with Crippen LogP contribution in [-0.2, 0) is 4.74 Å². The number of allylic oxidation sites excluding steroid dienone is 4. The molecule has 0 radical (unpaired) electrons. The second kappa shape index (κ2) is 1.67. The molecule has 1 saturated carbocycles. The van der Waals surface area contributed by atoms with Crippen LogP contribution in [0.2, 0.25) is 0 Å². The summed E-state index contributed by atoms with van der Waals surface area (Å²) in [5.41, 5.74) is 4.22. The zero-order chi connectivity index (χ0) is 7.26. The SMILES string of the molecule is C1=COC2C3=CC=C(C3)C2=C1. The predicted molar refractivity (Wildman–Crippen MR) is 42.9 cm³/mol. The third-order valence-electron chi connectivity index (χ3n) is 2.45. The summed E-state index contributed by atoms with van der Waals surface area (Å²) in [5.74, 6) is 0. The lowest BCUT2D eigenvalue weighted by molar-refractivity contribution is 0.211. The molecule has 1 nitrogen and oxygen atoms in total. The van der Waals surface area contributed by atoms with E-state index in [1.54, 1.807) is 6.26 Å². The van der Waals surface area contributed by atoms with E-state index in [0.717, 1.165) is 6.42 Å². The molecule has 1 atom stereocenters. The molecule has 11 heavy (non-hydrogen) atoms. The number of hydrogen-bond donors (Lipinski definition) is 0. The maximum atomic E-state index is 5.48. The summed E-state index contributed by atoms with van der Waals surface area (Å²) in [7, 11) is 0. The highest BCUT2D eigenvalue weighted by Gasteiger charge is 2.34. The minimum absolute atomic E-state index is 0.264. The summed E-state index contributed by atoms with van der Waals surface area (Å²) in [6.07, 6.45) is 11.6. The van der Waals surface area contributed by atoms with Crippen LogP contribution in [0.25, 0.3) is 0 Å². The minimum atomic E-state index is 0.264. The van der Waals surface area contributed by atoms with Crippen LogP contribution in [-0.4, -0.2) is 6.10 Å². The van der Waals surface area contributed by atoms with Crippen molar-refractivity contribution in [3.05, 3.63) is 47.3 Å². The first-order chi connectivity index (χ1) is 5.45. The summed E-state index contributed by atoms with van der Waals surface area (Å²) < 4.78 is 5.48. The van der Waals surface area contributed by atoms with Crippen molar-refractivity contribution in [1.29, 1.82) is 0 Å². The topological polar surface area (TPSA) is 9.23 Å². The second-order valence-corrected chi connectivity index (χ2v) is 3.08. The summed E-state index contributed by atoms with van der Waals surface area (Å²) >= 11 is 0. The first kappa shape index (κ1) is 5.42. The molecule has 0 saturated heterocycles. The van der Waals surface area contributed by atoms with Gasteiger partial charge < -0.3 is 4.74 Å². The summed E-state index contributed by atoms with van der Waals surface area (Å²) in [4.78, 5) is 0. The highest BCUT2D eigenvalue weighted by atomic mass is 16.5. The molecule has 1 heterocycles. The number of hydrogen-bond acceptors (Lipinski definition) is 1. The van der Waals surface area contributed by atoms with Gasteiger partial charge in [0, 0.05) is 5.57 Å². The van der Waals surface area contributed by atoms with Gasteiger partial charge in [0.1, 0.15) is 6.10 Å². The quantitative estimate of drug-likeness (QED) is 0.506. The van der Waals surface area contributed by atoms with Crippen molar-refractivity contribution >= 4 is 0 Å². The van der Waals surface area contributed by atoms with Crippen LogP contribution in [0.4, 0.5) is 0 Å². The smallest absolute Gasteiger partial charge is 0.145 e. The molecule has 1 unspecified atom stereocenters. The summed E-state index contributed by atoms with van der Waals surface area (Å²) in [5, 5.41) is 0. The van der Waals surface area contributed by atoms with Gasteiger partial charge in [-0.1, -0.05) is 18.2 Å². The van der Waals surface area contributed by atoms with Gasteiger partial charge in [0.05, 0.1) is 6.26 Å². The molecule has 0 spiro atoms. The lowest BCUT2D eigenvalue weighted by Crippen LogP contribution is -2.12. The Morgan fingerprint density at radius 2 is 2.27 bits per heavy atom. The second-order valence-electron chi connectivity index (χ2n) is 3.08. The first-order valence-electron chi connectivity index (χ1n) is 3.87. The zero-order valence-corrected chi connectivity index (χ0v) is 6.08. The van der Waals surface area contributed by atoms with Gasteiger partial charge in [-0.2, -0.15) is 0 Å². The molecular weight excluding hydrogens is 136 g/mol. The van der Waals surface area contributed by atoms with Gasteiger partial charge in [-0.25, -0.2) is 0 Å². The van der Waals surface area contributed by atoms with Crippen LogP contribution < -0.4 is 0 Å². The third kappa shape index (κ3) is 0.559. The molecule has 0 aromatic rings. The Labute approximate surface area is 65.4 Å². The van der Waals surface area contributed by atoms with Crippen LogP contribution in [0.1, 0.15) is 6.42 Å². The van der Waals surface area contributed by atoms with Crippen LogP contribution in [0, 0.1) is 0 Å². The van der Waals surface area contributed by atoms with E-state index < -0.39 is 0 Å². The Bertz CT molecular complexity index is 329. The zero-order valence-electron chi connectivity index (χ0n) is 6.08. The minimum Gasteiger partial charge on any atom is -0.489 e. The van der Waals surface area contributed by atoms with Gasteiger partial charge in [-0.05, 0) is 23.6 Å². The summed E-state index contributed by atoms with van der Waals surface area (Å²) in [6.45, 7) is 0. The number of rotatable bonds is 0. The molecule has 3 rings (SSSR count). The normalized spacial score (nSPS) is 30.5. The molecule has 1 aliphatic heterocycles. The average Bonchev–Trinajstić information content (AvgIpc) is 2.64. The van der Waals surface area contributed by atoms with E-state index in [1.807, 2.05) is 6.08 Å². The van der Waals surface area contributed by atoms with Gasteiger partial charge in [0.25, 0.3) is 0 Å². The molecule has 0 N–H and O–H groups in total. The van der Waals surface area contributed by atoms with Crippen LogP contribution in [0.15, 0.2) is 47.3 Å². The third-order valence-corrected chi connectivity index (χ3v) is 2.45. The van der Waals surface area contributed by atoms with Crippen molar-refractivity contribution in [2.24, 2.45) is 0 Å². The highest BCUT2D eigenvalue weighted by Crippen LogP contribution is 2.42. The molecule has 0 amide bonds.